The Kier molecular flexibility index (Phi) is 6.18. The first kappa shape index (κ1) is 21.2. The van der Waals surface area contributed by atoms with E-state index in [4.69, 9.17) is 0 Å². The van der Waals surface area contributed by atoms with Crippen LogP contribution in [0.2, 0.25) is 0 Å². The minimum Gasteiger partial charge on any atom is -0.347 e. The normalized spacial score (nSPS) is 13.3. The van der Waals surface area contributed by atoms with Crippen LogP contribution in [-0.4, -0.2) is 26.8 Å². The molecule has 2 N–H and O–H groups in total. The van der Waals surface area contributed by atoms with Crippen LogP contribution in [0.25, 0.3) is 5.69 Å². The van der Waals surface area contributed by atoms with Gasteiger partial charge in [0.05, 0.1) is 11.4 Å². The number of anilines is 1. The molecule has 0 unspecified atom stereocenters. The van der Waals surface area contributed by atoms with Crippen LogP contribution in [0.4, 0.5) is 5.69 Å². The van der Waals surface area contributed by atoms with E-state index in [1.807, 2.05) is 62.4 Å². The monoisotopic (exact) mass is 481 g/mol. The van der Waals surface area contributed by atoms with Crippen molar-refractivity contribution in [3.63, 3.8) is 0 Å². The van der Waals surface area contributed by atoms with Crippen molar-refractivity contribution < 1.29 is 9.59 Å². The smallest absolute Gasteiger partial charge is 0.274 e. The molecule has 0 spiro atoms. The molecule has 7 nitrogen and oxygen atoms in total. The van der Waals surface area contributed by atoms with Gasteiger partial charge in [0.15, 0.2) is 5.69 Å². The molecule has 2 aromatic carbocycles. The average molecular weight is 482 g/mol. The first-order valence-corrected chi connectivity index (χ1v) is 11.1. The highest BCUT2D eigenvalue weighted by molar-refractivity contribution is 9.10. The van der Waals surface area contributed by atoms with Crippen molar-refractivity contribution >= 4 is 33.4 Å². The third-order valence-corrected chi connectivity index (χ3v) is 5.68. The summed E-state index contributed by atoms with van der Waals surface area (Å²) in [5.74, 6) is -0.0290. The number of carbonyl (C=O) groups is 2. The minimum atomic E-state index is -0.234. The maximum absolute atomic E-state index is 12.9. The third-order valence-electron chi connectivity index (χ3n) is 5.15. The zero-order valence-corrected chi connectivity index (χ0v) is 19.0. The summed E-state index contributed by atoms with van der Waals surface area (Å²) in [5, 5.41) is 14.2. The molecule has 3 aromatic rings. The Morgan fingerprint density at radius 1 is 1.10 bits per heavy atom. The maximum atomic E-state index is 12.9. The lowest BCUT2D eigenvalue weighted by Gasteiger charge is -2.10. The SMILES string of the molecule is CC(C)C(=O)Nc1ccc(CNC(=O)c2nnn(-c3ccc(Br)cc3)c2C2CC2)cc1. The molecule has 0 aliphatic heterocycles. The molecule has 1 aliphatic carbocycles. The van der Waals surface area contributed by atoms with Gasteiger partial charge in [-0.15, -0.1) is 5.10 Å². The van der Waals surface area contributed by atoms with E-state index in [1.54, 1.807) is 4.68 Å². The summed E-state index contributed by atoms with van der Waals surface area (Å²) in [5.41, 5.74) is 3.81. The zero-order valence-electron chi connectivity index (χ0n) is 17.4. The van der Waals surface area contributed by atoms with Gasteiger partial charge in [0.1, 0.15) is 0 Å². The summed E-state index contributed by atoms with van der Waals surface area (Å²) in [6, 6.07) is 15.2. The van der Waals surface area contributed by atoms with E-state index in [0.717, 1.165) is 39.9 Å². The molecule has 2 amide bonds. The molecule has 0 radical (unpaired) electrons. The molecular formula is C23H24BrN5O2. The molecule has 8 heteroatoms. The summed E-state index contributed by atoms with van der Waals surface area (Å²) in [6.45, 7) is 4.07. The lowest BCUT2D eigenvalue weighted by Crippen LogP contribution is -2.24. The first-order chi connectivity index (χ1) is 14.9. The van der Waals surface area contributed by atoms with E-state index in [9.17, 15) is 9.59 Å². The van der Waals surface area contributed by atoms with Gasteiger partial charge in [-0.2, -0.15) is 0 Å². The van der Waals surface area contributed by atoms with Crippen molar-refractivity contribution in [1.29, 1.82) is 0 Å². The largest absolute Gasteiger partial charge is 0.347 e. The van der Waals surface area contributed by atoms with Crippen LogP contribution < -0.4 is 10.6 Å². The van der Waals surface area contributed by atoms with Gasteiger partial charge in [-0.1, -0.05) is 47.1 Å². The molecule has 160 valence electrons. The van der Waals surface area contributed by atoms with E-state index in [2.05, 4.69) is 36.9 Å². The third kappa shape index (κ3) is 5.02. The van der Waals surface area contributed by atoms with Crippen molar-refractivity contribution in [3.8, 4) is 5.69 Å². The van der Waals surface area contributed by atoms with Gasteiger partial charge in [-0.05, 0) is 54.8 Å². The second-order valence-corrected chi connectivity index (χ2v) is 8.93. The van der Waals surface area contributed by atoms with Gasteiger partial charge < -0.3 is 10.6 Å². The van der Waals surface area contributed by atoms with E-state index in [-0.39, 0.29) is 17.7 Å². The van der Waals surface area contributed by atoms with Crippen molar-refractivity contribution in [2.75, 3.05) is 5.32 Å². The fourth-order valence-corrected chi connectivity index (χ4v) is 3.47. The molecule has 4 rings (SSSR count). The Hall–Kier alpha value is -3.00. The van der Waals surface area contributed by atoms with Gasteiger partial charge in [-0.25, -0.2) is 4.68 Å². The van der Waals surface area contributed by atoms with Gasteiger partial charge in [0.2, 0.25) is 5.91 Å². The average Bonchev–Trinajstić information content (AvgIpc) is 3.51. The van der Waals surface area contributed by atoms with E-state index in [0.29, 0.717) is 18.2 Å². The highest BCUT2D eigenvalue weighted by Gasteiger charge is 2.34. The van der Waals surface area contributed by atoms with Gasteiger partial charge in [0, 0.05) is 28.5 Å². The fourth-order valence-electron chi connectivity index (χ4n) is 3.21. The number of hydrogen-bond acceptors (Lipinski definition) is 4. The fraction of sp³-hybridized carbons (Fsp3) is 0.304. The number of aromatic nitrogens is 3. The predicted octanol–water partition coefficient (Wildman–Crippen LogP) is 4.43. The van der Waals surface area contributed by atoms with E-state index < -0.39 is 0 Å². The molecule has 1 aliphatic rings. The highest BCUT2D eigenvalue weighted by Crippen LogP contribution is 2.42. The van der Waals surface area contributed by atoms with Gasteiger partial charge >= 0.3 is 0 Å². The number of carbonyl (C=O) groups excluding carboxylic acids is 2. The summed E-state index contributed by atoms with van der Waals surface area (Å²) < 4.78 is 2.75. The second kappa shape index (κ2) is 9.01. The van der Waals surface area contributed by atoms with Crippen LogP contribution >= 0.6 is 15.9 Å². The van der Waals surface area contributed by atoms with Crippen LogP contribution in [0.1, 0.15) is 54.4 Å². The van der Waals surface area contributed by atoms with Crippen molar-refractivity contribution in [2.24, 2.45) is 5.92 Å². The predicted molar refractivity (Wildman–Crippen MR) is 122 cm³/mol. The minimum absolute atomic E-state index is 0.0254. The Labute approximate surface area is 189 Å². The Morgan fingerprint density at radius 3 is 2.39 bits per heavy atom. The Morgan fingerprint density at radius 2 is 1.77 bits per heavy atom. The highest BCUT2D eigenvalue weighted by atomic mass is 79.9. The van der Waals surface area contributed by atoms with Crippen LogP contribution in [-0.2, 0) is 11.3 Å². The number of nitrogens with zero attached hydrogens (tertiary/aromatic N) is 3. The van der Waals surface area contributed by atoms with E-state index >= 15 is 0 Å². The maximum Gasteiger partial charge on any atom is 0.274 e. The van der Waals surface area contributed by atoms with Crippen molar-refractivity contribution in [2.45, 2.75) is 39.2 Å². The number of nitrogens with one attached hydrogen (secondary N) is 2. The molecule has 0 bridgehead atoms. The number of hydrogen-bond donors (Lipinski definition) is 2. The quantitative estimate of drug-likeness (QED) is 0.522. The molecule has 1 saturated carbocycles. The van der Waals surface area contributed by atoms with Crippen LogP contribution in [0.5, 0.6) is 0 Å². The van der Waals surface area contributed by atoms with Crippen molar-refractivity contribution in [1.82, 2.24) is 20.3 Å². The molecule has 1 aromatic heterocycles. The number of rotatable bonds is 7. The summed E-state index contributed by atoms with van der Waals surface area (Å²) in [4.78, 5) is 24.7. The van der Waals surface area contributed by atoms with Gasteiger partial charge in [0.25, 0.3) is 5.91 Å². The van der Waals surface area contributed by atoms with Crippen LogP contribution in [0.15, 0.2) is 53.0 Å². The summed E-state index contributed by atoms with van der Waals surface area (Å²) >= 11 is 3.44. The molecular weight excluding hydrogens is 458 g/mol. The lowest BCUT2D eigenvalue weighted by atomic mass is 10.1. The zero-order chi connectivity index (χ0) is 22.0. The molecule has 0 saturated heterocycles. The first-order valence-electron chi connectivity index (χ1n) is 10.3. The second-order valence-electron chi connectivity index (χ2n) is 8.01. The van der Waals surface area contributed by atoms with Crippen LogP contribution in [0.3, 0.4) is 0 Å². The standard InChI is InChI=1S/C23H24BrN5O2/c1-14(2)22(30)26-18-9-3-15(4-10-18)13-25-23(31)20-21(16-5-6-16)29(28-27-20)19-11-7-17(24)8-12-19/h3-4,7-12,14,16H,5-6,13H2,1-2H3,(H,25,31)(H,26,30). The number of benzene rings is 2. The molecule has 1 fully saturated rings. The van der Waals surface area contributed by atoms with E-state index in [1.165, 1.54) is 0 Å². The lowest BCUT2D eigenvalue weighted by molar-refractivity contribution is -0.118. The summed E-state index contributed by atoms with van der Waals surface area (Å²) in [6.07, 6.45) is 2.07. The number of halogens is 1. The number of amides is 2. The van der Waals surface area contributed by atoms with Crippen LogP contribution in [0, 0.1) is 5.92 Å². The topological polar surface area (TPSA) is 88.9 Å². The Bertz CT molecular complexity index is 1090. The summed E-state index contributed by atoms with van der Waals surface area (Å²) in [7, 11) is 0. The van der Waals surface area contributed by atoms with Crippen molar-refractivity contribution in [3.05, 3.63) is 70.0 Å². The Balaban J connectivity index is 1.44. The molecule has 31 heavy (non-hydrogen) atoms. The molecule has 1 heterocycles. The van der Waals surface area contributed by atoms with Gasteiger partial charge in [-0.3, -0.25) is 9.59 Å². The molecule has 0 atom stereocenters.